The number of rotatable bonds is 3. The van der Waals surface area contributed by atoms with E-state index in [9.17, 15) is 4.79 Å². The van der Waals surface area contributed by atoms with Crippen molar-refractivity contribution in [2.75, 3.05) is 24.3 Å². The summed E-state index contributed by atoms with van der Waals surface area (Å²) in [7, 11) is 4.05. The number of carbonyl (C=O) groups is 1. The number of fused-ring (bicyclic) bond motifs is 3. The molecule has 2 heterocycles. The van der Waals surface area contributed by atoms with Gasteiger partial charge in [-0.15, -0.1) is 0 Å². The Morgan fingerprint density at radius 3 is 2.50 bits per heavy atom. The Labute approximate surface area is 205 Å². The third-order valence-corrected chi connectivity index (χ3v) is 6.87. The van der Waals surface area contributed by atoms with E-state index in [1.54, 1.807) is 0 Å². The standard InChI is InChI=1S/C28H27ClN4O/c1-19-23(29)9-6-10-24(19)30-28(34)33-18-21-8-4-5-11-25(21)32-17-7-12-26(32)27(33)20-13-15-22(16-14-20)31(2)3/h4-17,27H,18H2,1-3H3,(H,30,34)/t27-/m1/s1. The van der Waals surface area contributed by atoms with Crippen molar-refractivity contribution in [1.29, 1.82) is 0 Å². The van der Waals surface area contributed by atoms with E-state index < -0.39 is 0 Å². The topological polar surface area (TPSA) is 40.5 Å². The summed E-state index contributed by atoms with van der Waals surface area (Å²) in [6.07, 6.45) is 2.07. The van der Waals surface area contributed by atoms with Crippen molar-refractivity contribution < 1.29 is 4.79 Å². The molecule has 0 bridgehead atoms. The van der Waals surface area contributed by atoms with Crippen molar-refractivity contribution in [3.8, 4) is 5.69 Å². The molecule has 1 N–H and O–H groups in total. The summed E-state index contributed by atoms with van der Waals surface area (Å²) < 4.78 is 2.19. The lowest BCUT2D eigenvalue weighted by molar-refractivity contribution is 0.194. The van der Waals surface area contributed by atoms with Gasteiger partial charge in [-0.25, -0.2) is 4.79 Å². The highest BCUT2D eigenvalue weighted by atomic mass is 35.5. The Morgan fingerprint density at radius 1 is 0.971 bits per heavy atom. The molecule has 0 aliphatic carbocycles. The number of halogens is 1. The van der Waals surface area contributed by atoms with Crippen molar-refractivity contribution in [1.82, 2.24) is 9.47 Å². The molecule has 1 aliphatic heterocycles. The van der Waals surface area contributed by atoms with E-state index in [4.69, 9.17) is 11.6 Å². The van der Waals surface area contributed by atoms with Crippen LogP contribution >= 0.6 is 11.6 Å². The number of hydrogen-bond donors (Lipinski definition) is 1. The first kappa shape index (κ1) is 22.1. The molecule has 0 saturated heterocycles. The number of hydrogen-bond acceptors (Lipinski definition) is 2. The van der Waals surface area contributed by atoms with Crippen molar-refractivity contribution >= 4 is 29.0 Å². The summed E-state index contributed by atoms with van der Waals surface area (Å²) in [6.45, 7) is 2.39. The molecule has 6 heteroatoms. The fourth-order valence-electron chi connectivity index (χ4n) is 4.57. The fraction of sp³-hybridized carbons (Fsp3) is 0.179. The zero-order chi connectivity index (χ0) is 23.8. The van der Waals surface area contributed by atoms with Gasteiger partial charge in [0.2, 0.25) is 0 Å². The molecule has 34 heavy (non-hydrogen) atoms. The quantitative estimate of drug-likeness (QED) is 0.364. The third-order valence-electron chi connectivity index (χ3n) is 6.46. The van der Waals surface area contributed by atoms with Gasteiger partial charge in [0.05, 0.1) is 18.3 Å². The average Bonchev–Trinajstić information content (AvgIpc) is 3.26. The lowest BCUT2D eigenvalue weighted by Crippen LogP contribution is -2.38. The molecule has 4 aromatic rings. The number of aromatic nitrogens is 1. The molecule has 0 radical (unpaired) electrons. The third kappa shape index (κ3) is 3.93. The maximum absolute atomic E-state index is 13.8. The van der Waals surface area contributed by atoms with Gasteiger partial charge in [0.1, 0.15) is 0 Å². The molecule has 1 aromatic heterocycles. The van der Waals surface area contributed by atoms with E-state index >= 15 is 0 Å². The zero-order valence-corrected chi connectivity index (χ0v) is 20.3. The second kappa shape index (κ2) is 8.92. The molecule has 0 fully saturated rings. The molecule has 3 aromatic carbocycles. The van der Waals surface area contributed by atoms with Gasteiger partial charge in [-0.3, -0.25) is 0 Å². The highest BCUT2D eigenvalue weighted by Crippen LogP contribution is 2.37. The minimum absolute atomic E-state index is 0.170. The van der Waals surface area contributed by atoms with E-state index in [0.717, 1.165) is 33.8 Å². The SMILES string of the molecule is Cc1c(Cl)cccc1NC(=O)N1Cc2ccccc2-n2cccc2[C@H]1c1ccc(N(C)C)cc1. The Bertz CT molecular complexity index is 1340. The van der Waals surface area contributed by atoms with Gasteiger partial charge < -0.3 is 19.7 Å². The molecule has 0 saturated carbocycles. The van der Waals surface area contributed by atoms with Crippen LogP contribution in [0.5, 0.6) is 0 Å². The maximum atomic E-state index is 13.8. The number of carbonyl (C=O) groups excluding carboxylic acids is 1. The van der Waals surface area contributed by atoms with Crippen LogP contribution in [0.2, 0.25) is 5.02 Å². The summed E-state index contributed by atoms with van der Waals surface area (Å²) >= 11 is 6.32. The molecular weight excluding hydrogens is 444 g/mol. The van der Waals surface area contributed by atoms with E-state index in [0.29, 0.717) is 17.3 Å². The monoisotopic (exact) mass is 470 g/mol. The van der Waals surface area contributed by atoms with Crippen molar-refractivity contribution in [3.05, 3.63) is 112 Å². The first-order valence-corrected chi connectivity index (χ1v) is 11.7. The van der Waals surface area contributed by atoms with Crippen LogP contribution in [0.1, 0.15) is 28.4 Å². The van der Waals surface area contributed by atoms with Crippen molar-refractivity contribution in [2.24, 2.45) is 0 Å². The van der Waals surface area contributed by atoms with E-state index in [1.165, 1.54) is 0 Å². The van der Waals surface area contributed by atoms with Gasteiger partial charge in [-0.05, 0) is 66.1 Å². The van der Waals surface area contributed by atoms with Crippen LogP contribution in [0, 0.1) is 6.92 Å². The Hall–Kier alpha value is -3.70. The number of amides is 2. The summed E-state index contributed by atoms with van der Waals surface area (Å²) in [6, 6.07) is 25.9. The molecule has 0 unspecified atom stereocenters. The Kier molecular flexibility index (Phi) is 5.80. The molecule has 2 amide bonds. The van der Waals surface area contributed by atoms with Crippen LogP contribution in [0.15, 0.2) is 85.1 Å². The second-order valence-corrected chi connectivity index (χ2v) is 9.20. The number of para-hydroxylation sites is 1. The van der Waals surface area contributed by atoms with Crippen molar-refractivity contribution in [2.45, 2.75) is 19.5 Å². The maximum Gasteiger partial charge on any atom is 0.322 e. The van der Waals surface area contributed by atoms with Gasteiger partial charge in [0.15, 0.2) is 0 Å². The second-order valence-electron chi connectivity index (χ2n) is 8.79. The number of benzene rings is 3. The highest BCUT2D eigenvalue weighted by molar-refractivity contribution is 6.31. The minimum Gasteiger partial charge on any atom is -0.378 e. The average molecular weight is 471 g/mol. The summed E-state index contributed by atoms with van der Waals surface area (Å²) in [4.78, 5) is 17.8. The molecule has 5 nitrogen and oxygen atoms in total. The molecular formula is C28H27ClN4O. The van der Waals surface area contributed by atoms with Gasteiger partial charge in [-0.1, -0.05) is 48.0 Å². The van der Waals surface area contributed by atoms with Crippen LogP contribution in [-0.2, 0) is 6.54 Å². The number of nitrogens with one attached hydrogen (secondary N) is 1. The van der Waals surface area contributed by atoms with Crippen molar-refractivity contribution in [3.63, 3.8) is 0 Å². The molecule has 1 atom stereocenters. The largest absolute Gasteiger partial charge is 0.378 e. The lowest BCUT2D eigenvalue weighted by Gasteiger charge is -2.31. The van der Waals surface area contributed by atoms with Crippen LogP contribution in [0.25, 0.3) is 5.69 Å². The van der Waals surface area contributed by atoms with Gasteiger partial charge in [0, 0.05) is 42.4 Å². The molecule has 0 spiro atoms. The van der Waals surface area contributed by atoms with Gasteiger partial charge in [0.25, 0.3) is 0 Å². The normalized spacial score (nSPS) is 14.7. The van der Waals surface area contributed by atoms with Crippen LogP contribution in [0.3, 0.4) is 0 Å². The summed E-state index contributed by atoms with van der Waals surface area (Å²) in [5, 5.41) is 3.75. The fourth-order valence-corrected chi connectivity index (χ4v) is 4.75. The predicted octanol–water partition coefficient (Wildman–Crippen LogP) is 6.64. The highest BCUT2D eigenvalue weighted by Gasteiger charge is 2.33. The number of urea groups is 1. The summed E-state index contributed by atoms with van der Waals surface area (Å²) in [5.41, 5.74) is 6.95. The van der Waals surface area contributed by atoms with Crippen LogP contribution in [-0.4, -0.2) is 29.6 Å². The lowest BCUT2D eigenvalue weighted by atomic mass is 10.0. The van der Waals surface area contributed by atoms with Gasteiger partial charge in [-0.2, -0.15) is 0 Å². The number of anilines is 2. The number of nitrogens with zero attached hydrogens (tertiary/aromatic N) is 3. The van der Waals surface area contributed by atoms with Gasteiger partial charge >= 0.3 is 6.03 Å². The molecule has 172 valence electrons. The molecule has 1 aliphatic rings. The minimum atomic E-state index is -0.266. The predicted molar refractivity (Wildman–Crippen MR) is 139 cm³/mol. The van der Waals surface area contributed by atoms with E-state index in [1.807, 2.05) is 62.3 Å². The first-order valence-electron chi connectivity index (χ1n) is 11.3. The van der Waals surface area contributed by atoms with E-state index in [2.05, 4.69) is 63.4 Å². The van der Waals surface area contributed by atoms with Crippen LogP contribution in [0.4, 0.5) is 16.2 Å². The van der Waals surface area contributed by atoms with Crippen LogP contribution < -0.4 is 10.2 Å². The first-order chi connectivity index (χ1) is 16.4. The smallest absolute Gasteiger partial charge is 0.322 e. The zero-order valence-electron chi connectivity index (χ0n) is 19.5. The summed E-state index contributed by atoms with van der Waals surface area (Å²) in [5.74, 6) is 0. The Balaban J connectivity index is 1.62. The van der Waals surface area contributed by atoms with E-state index in [-0.39, 0.29) is 12.1 Å². The molecule has 5 rings (SSSR count). The Morgan fingerprint density at radius 2 is 1.74 bits per heavy atom.